The number of aliphatic hydroxyl groups excluding tert-OH is 1. The third-order valence-corrected chi connectivity index (χ3v) is 2.49. The smallest absolute Gasteiger partial charge is 0.0873 e. The molecule has 78 valence electrons. The fourth-order valence-electron chi connectivity index (χ4n) is 1.20. The molecule has 0 heterocycles. The topological polar surface area (TPSA) is 40.5 Å². The van der Waals surface area contributed by atoms with Crippen LogP contribution in [-0.2, 0) is 0 Å². The lowest BCUT2D eigenvalue weighted by molar-refractivity contribution is -0.0174. The maximum atomic E-state index is 10.2. The van der Waals surface area contributed by atoms with Crippen molar-refractivity contribution in [3.8, 4) is 0 Å². The zero-order valence-corrected chi connectivity index (χ0v) is 9.33. The molecule has 0 saturated carbocycles. The zero-order valence-electron chi connectivity index (χ0n) is 9.33. The van der Waals surface area contributed by atoms with Crippen molar-refractivity contribution in [3.63, 3.8) is 0 Å². The number of aliphatic hydroxyl groups is 2. The molecule has 0 aliphatic rings. The third-order valence-electron chi connectivity index (χ3n) is 2.49. The van der Waals surface area contributed by atoms with Crippen LogP contribution in [-0.4, -0.2) is 21.9 Å². The summed E-state index contributed by atoms with van der Waals surface area (Å²) in [6.45, 7) is 9.58. The molecule has 0 rings (SSSR count). The summed E-state index contributed by atoms with van der Waals surface area (Å²) in [5, 5.41) is 19.3. The maximum Gasteiger partial charge on any atom is 0.0873 e. The average Bonchev–Trinajstić information content (AvgIpc) is 1.98. The molecule has 0 radical (unpaired) electrons. The zero-order chi connectivity index (χ0) is 10.7. The molecule has 0 bridgehead atoms. The number of rotatable bonds is 3. The molecule has 0 aliphatic heterocycles. The van der Waals surface area contributed by atoms with Crippen molar-refractivity contribution in [2.45, 2.75) is 52.7 Å². The Kier molecular flexibility index (Phi) is 4.14. The van der Waals surface area contributed by atoms with Gasteiger partial charge in [-0.1, -0.05) is 39.8 Å². The summed E-state index contributed by atoms with van der Waals surface area (Å²) >= 11 is 0. The van der Waals surface area contributed by atoms with Crippen LogP contribution in [0.1, 0.15) is 41.0 Å². The van der Waals surface area contributed by atoms with Crippen LogP contribution >= 0.6 is 0 Å². The molecule has 2 nitrogen and oxygen atoms in total. The van der Waals surface area contributed by atoms with Gasteiger partial charge in [0.15, 0.2) is 0 Å². The van der Waals surface area contributed by atoms with E-state index >= 15 is 0 Å². The summed E-state index contributed by atoms with van der Waals surface area (Å²) in [7, 11) is 0. The maximum absolute atomic E-state index is 10.2. The van der Waals surface area contributed by atoms with Crippen molar-refractivity contribution >= 4 is 0 Å². The van der Waals surface area contributed by atoms with Crippen molar-refractivity contribution in [1.29, 1.82) is 0 Å². The molecular formula is C11H22O2. The Morgan fingerprint density at radius 1 is 1.31 bits per heavy atom. The molecule has 0 fully saturated rings. The lowest BCUT2D eigenvalue weighted by atomic mass is 9.74. The highest BCUT2D eigenvalue weighted by molar-refractivity contribution is 5.07. The molecule has 2 unspecified atom stereocenters. The summed E-state index contributed by atoms with van der Waals surface area (Å²) in [5.41, 5.74) is -1.03. The third kappa shape index (κ3) is 3.49. The molecule has 0 spiro atoms. The van der Waals surface area contributed by atoms with Crippen LogP contribution in [0.15, 0.2) is 12.2 Å². The highest BCUT2D eigenvalue weighted by Gasteiger charge is 2.35. The van der Waals surface area contributed by atoms with Gasteiger partial charge in [-0.3, -0.25) is 0 Å². The SMILES string of the molecule is CCC(O)(C=CC(C)O)C(C)(C)C. The predicted octanol–water partition coefficient (Wildman–Crippen LogP) is 2.11. The first kappa shape index (κ1) is 12.7. The summed E-state index contributed by atoms with van der Waals surface area (Å²) in [6, 6.07) is 0. The van der Waals surface area contributed by atoms with E-state index in [-0.39, 0.29) is 5.41 Å². The first-order valence-electron chi connectivity index (χ1n) is 4.83. The van der Waals surface area contributed by atoms with E-state index in [1.807, 2.05) is 27.7 Å². The van der Waals surface area contributed by atoms with E-state index in [1.165, 1.54) is 0 Å². The second-order valence-electron chi connectivity index (χ2n) is 4.63. The lowest BCUT2D eigenvalue weighted by Gasteiger charge is -2.37. The molecule has 2 heteroatoms. The van der Waals surface area contributed by atoms with Crippen molar-refractivity contribution < 1.29 is 10.2 Å². The normalized spacial score (nSPS) is 20.2. The predicted molar refractivity (Wildman–Crippen MR) is 55.5 cm³/mol. The van der Waals surface area contributed by atoms with Crippen molar-refractivity contribution in [1.82, 2.24) is 0 Å². The van der Waals surface area contributed by atoms with Crippen LogP contribution in [0.5, 0.6) is 0 Å². The Morgan fingerprint density at radius 2 is 1.77 bits per heavy atom. The number of hydrogen-bond acceptors (Lipinski definition) is 2. The highest BCUT2D eigenvalue weighted by Crippen LogP contribution is 2.34. The fraction of sp³-hybridized carbons (Fsp3) is 0.818. The van der Waals surface area contributed by atoms with Crippen LogP contribution < -0.4 is 0 Å². The monoisotopic (exact) mass is 186 g/mol. The molecule has 0 amide bonds. The van der Waals surface area contributed by atoms with E-state index in [0.717, 1.165) is 0 Å². The van der Waals surface area contributed by atoms with Crippen LogP contribution in [0.2, 0.25) is 0 Å². The van der Waals surface area contributed by atoms with Gasteiger partial charge in [0.25, 0.3) is 0 Å². The summed E-state index contributed by atoms with van der Waals surface area (Å²) < 4.78 is 0. The van der Waals surface area contributed by atoms with Gasteiger partial charge in [-0.05, 0) is 18.8 Å². The van der Waals surface area contributed by atoms with Crippen LogP contribution in [0, 0.1) is 5.41 Å². The second-order valence-corrected chi connectivity index (χ2v) is 4.63. The summed E-state index contributed by atoms with van der Waals surface area (Å²) in [5.74, 6) is 0. The van der Waals surface area contributed by atoms with E-state index in [9.17, 15) is 5.11 Å². The van der Waals surface area contributed by atoms with Gasteiger partial charge in [0.05, 0.1) is 11.7 Å². The Bertz CT molecular complexity index is 177. The molecule has 13 heavy (non-hydrogen) atoms. The van der Waals surface area contributed by atoms with Crippen molar-refractivity contribution in [2.24, 2.45) is 5.41 Å². The largest absolute Gasteiger partial charge is 0.389 e. The van der Waals surface area contributed by atoms with E-state index in [1.54, 1.807) is 19.1 Å². The van der Waals surface area contributed by atoms with E-state index in [0.29, 0.717) is 6.42 Å². The van der Waals surface area contributed by atoms with Gasteiger partial charge in [0, 0.05) is 0 Å². The minimum atomic E-state index is -0.829. The molecule has 0 aromatic carbocycles. The van der Waals surface area contributed by atoms with E-state index < -0.39 is 11.7 Å². The van der Waals surface area contributed by atoms with Gasteiger partial charge in [-0.15, -0.1) is 0 Å². The molecule has 0 saturated heterocycles. The molecular weight excluding hydrogens is 164 g/mol. The van der Waals surface area contributed by atoms with Gasteiger partial charge >= 0.3 is 0 Å². The van der Waals surface area contributed by atoms with E-state index in [4.69, 9.17) is 5.11 Å². The van der Waals surface area contributed by atoms with Crippen LogP contribution in [0.25, 0.3) is 0 Å². The van der Waals surface area contributed by atoms with Gasteiger partial charge in [-0.25, -0.2) is 0 Å². The van der Waals surface area contributed by atoms with Crippen LogP contribution in [0.3, 0.4) is 0 Å². The quantitative estimate of drug-likeness (QED) is 0.663. The van der Waals surface area contributed by atoms with Gasteiger partial charge in [-0.2, -0.15) is 0 Å². The van der Waals surface area contributed by atoms with Crippen molar-refractivity contribution in [3.05, 3.63) is 12.2 Å². The lowest BCUT2D eigenvalue weighted by Crippen LogP contribution is -2.40. The molecule has 2 N–H and O–H groups in total. The van der Waals surface area contributed by atoms with Crippen LogP contribution in [0.4, 0.5) is 0 Å². The summed E-state index contributed by atoms with van der Waals surface area (Å²) in [6.07, 6.45) is 3.49. The first-order valence-corrected chi connectivity index (χ1v) is 4.83. The summed E-state index contributed by atoms with van der Waals surface area (Å²) in [4.78, 5) is 0. The Hall–Kier alpha value is -0.340. The first-order chi connectivity index (χ1) is 5.73. The minimum absolute atomic E-state index is 0.201. The fourth-order valence-corrected chi connectivity index (χ4v) is 1.20. The molecule has 0 aliphatic carbocycles. The van der Waals surface area contributed by atoms with Gasteiger partial charge < -0.3 is 10.2 Å². The van der Waals surface area contributed by atoms with E-state index in [2.05, 4.69) is 0 Å². The van der Waals surface area contributed by atoms with Gasteiger partial charge in [0.1, 0.15) is 0 Å². The molecule has 0 aromatic heterocycles. The molecule has 2 atom stereocenters. The second kappa shape index (κ2) is 4.25. The highest BCUT2D eigenvalue weighted by atomic mass is 16.3. The Morgan fingerprint density at radius 3 is 2.00 bits per heavy atom. The van der Waals surface area contributed by atoms with Crippen molar-refractivity contribution in [2.75, 3.05) is 0 Å². The molecule has 0 aromatic rings. The standard InChI is InChI=1S/C11H22O2/c1-6-11(13,10(3,4)5)8-7-9(2)12/h7-9,12-13H,6H2,1-5H3. The Labute approximate surface area is 81.3 Å². The van der Waals surface area contributed by atoms with Gasteiger partial charge in [0.2, 0.25) is 0 Å². The Balaban J connectivity index is 4.66. The average molecular weight is 186 g/mol. The number of hydrogen-bond donors (Lipinski definition) is 2. The minimum Gasteiger partial charge on any atom is -0.389 e.